The average molecular weight is 397 g/mol. The van der Waals surface area contributed by atoms with Gasteiger partial charge in [0.2, 0.25) is 0 Å². The normalized spacial score (nSPS) is 12.0. The largest absolute Gasteiger partial charge is 0.462 e. The first-order valence-electron chi connectivity index (χ1n) is 8.94. The van der Waals surface area contributed by atoms with Crippen molar-refractivity contribution in [3.8, 4) is 0 Å². The maximum absolute atomic E-state index is 12.3. The van der Waals surface area contributed by atoms with Crippen LogP contribution in [0.4, 0.5) is 0 Å². The molecule has 1 aromatic heterocycles. The van der Waals surface area contributed by atoms with Crippen molar-refractivity contribution in [2.75, 3.05) is 6.61 Å². The molecule has 0 saturated carbocycles. The van der Waals surface area contributed by atoms with Crippen molar-refractivity contribution in [2.24, 2.45) is 5.73 Å². The minimum Gasteiger partial charge on any atom is -0.462 e. The first-order chi connectivity index (χ1) is 13.5. The Morgan fingerprint density at radius 1 is 1.07 bits per heavy atom. The molecular weight excluding hydrogens is 376 g/mol. The molecule has 0 aliphatic heterocycles. The molecule has 2 aromatic carbocycles. The smallest absolute Gasteiger partial charge is 0.344 e. The molecule has 0 unspecified atom stereocenters. The van der Waals surface area contributed by atoms with E-state index in [4.69, 9.17) is 22.1 Å². The monoisotopic (exact) mass is 396 g/mol. The molecule has 0 bridgehead atoms. The number of ether oxygens (including phenoxy) is 1. The van der Waals surface area contributed by atoms with E-state index in [0.717, 1.165) is 16.5 Å². The Morgan fingerprint density at radius 3 is 2.36 bits per heavy atom. The predicted molar refractivity (Wildman–Crippen MR) is 111 cm³/mol. The van der Waals surface area contributed by atoms with Crippen LogP contribution in [-0.2, 0) is 20.9 Å². The number of hydrogen-bond donors (Lipinski definition) is 1. The maximum Gasteiger partial charge on any atom is 0.344 e. The Bertz CT molecular complexity index is 1070. The van der Waals surface area contributed by atoms with Crippen molar-refractivity contribution in [1.29, 1.82) is 0 Å². The molecule has 0 saturated heterocycles. The summed E-state index contributed by atoms with van der Waals surface area (Å²) < 4.78 is 6.97. The lowest BCUT2D eigenvalue weighted by atomic mass is 10.0. The lowest BCUT2D eigenvalue weighted by molar-refractivity contribution is -0.139. The molecule has 0 fully saturated rings. The van der Waals surface area contributed by atoms with Gasteiger partial charge in [-0.15, -0.1) is 0 Å². The van der Waals surface area contributed by atoms with Crippen LogP contribution in [0.5, 0.6) is 0 Å². The van der Waals surface area contributed by atoms with Crippen molar-refractivity contribution >= 4 is 40.0 Å². The molecule has 3 rings (SSSR count). The maximum atomic E-state index is 12.3. The Balaban J connectivity index is 2.24. The highest BCUT2D eigenvalue weighted by Crippen LogP contribution is 2.37. The number of aromatic nitrogens is 1. The standard InChI is InChI=1S/C22H21ClN2O3/c1-3-28-22(27)19(21(24)26)14(2)18-16-11-7-8-12-17(16)25(20(18)23)13-15-9-5-4-6-10-15/h4-12H,3,13H2,1-2H3,(H2,24,26). The molecule has 0 spiro atoms. The molecule has 0 atom stereocenters. The Morgan fingerprint density at radius 2 is 1.71 bits per heavy atom. The number of nitrogens with zero attached hydrogens (tertiary/aromatic N) is 1. The Labute approximate surface area is 168 Å². The minimum absolute atomic E-state index is 0.145. The number of carbonyl (C=O) groups is 2. The quantitative estimate of drug-likeness (QED) is 0.294. The van der Waals surface area contributed by atoms with Crippen molar-refractivity contribution in [2.45, 2.75) is 20.4 Å². The molecule has 0 radical (unpaired) electrons. The third-order valence-corrected chi connectivity index (χ3v) is 4.96. The summed E-state index contributed by atoms with van der Waals surface area (Å²) in [4.78, 5) is 24.3. The SMILES string of the molecule is CCOC(=O)C(C(N)=O)=C(C)c1c(Cl)n(Cc2ccccc2)c2ccccc12. The summed E-state index contributed by atoms with van der Waals surface area (Å²) in [7, 11) is 0. The number of fused-ring (bicyclic) bond motifs is 1. The number of primary amides is 1. The highest BCUT2D eigenvalue weighted by Gasteiger charge is 2.25. The lowest BCUT2D eigenvalue weighted by Crippen LogP contribution is -2.23. The summed E-state index contributed by atoms with van der Waals surface area (Å²) in [5.41, 5.74) is 8.29. The topological polar surface area (TPSA) is 74.3 Å². The van der Waals surface area contributed by atoms with Crippen molar-refractivity contribution in [1.82, 2.24) is 4.57 Å². The second-order valence-corrected chi connectivity index (χ2v) is 6.70. The second kappa shape index (κ2) is 8.31. The van der Waals surface area contributed by atoms with Crippen LogP contribution in [0.2, 0.25) is 5.15 Å². The van der Waals surface area contributed by atoms with Crippen molar-refractivity contribution < 1.29 is 14.3 Å². The van der Waals surface area contributed by atoms with E-state index in [0.29, 0.717) is 22.8 Å². The number of nitrogens with two attached hydrogens (primary N) is 1. The number of esters is 1. The van der Waals surface area contributed by atoms with E-state index in [1.54, 1.807) is 13.8 Å². The van der Waals surface area contributed by atoms with Crippen molar-refractivity contribution in [3.63, 3.8) is 0 Å². The fourth-order valence-corrected chi connectivity index (χ4v) is 3.71. The van der Waals surface area contributed by atoms with E-state index >= 15 is 0 Å². The third-order valence-electron chi connectivity index (χ3n) is 4.57. The molecule has 3 aromatic rings. The number of carbonyl (C=O) groups excluding carboxylic acids is 2. The molecule has 144 valence electrons. The van der Waals surface area contributed by atoms with Crippen molar-refractivity contribution in [3.05, 3.63) is 76.5 Å². The van der Waals surface area contributed by atoms with Crippen LogP contribution >= 0.6 is 11.6 Å². The summed E-state index contributed by atoms with van der Waals surface area (Å²) >= 11 is 6.75. The molecule has 1 heterocycles. The van der Waals surface area contributed by atoms with Crippen LogP contribution in [0.25, 0.3) is 16.5 Å². The molecule has 2 N–H and O–H groups in total. The molecule has 1 amide bonds. The predicted octanol–water partition coefficient (Wildman–Crippen LogP) is 4.16. The van der Waals surface area contributed by atoms with E-state index in [2.05, 4.69) is 0 Å². The summed E-state index contributed by atoms with van der Waals surface area (Å²) in [6.45, 7) is 4.03. The average Bonchev–Trinajstić information content (AvgIpc) is 2.94. The first kappa shape index (κ1) is 19.7. The third kappa shape index (κ3) is 3.66. The number of halogens is 1. The van der Waals surface area contributed by atoms with E-state index < -0.39 is 11.9 Å². The lowest BCUT2D eigenvalue weighted by Gasteiger charge is -2.10. The van der Waals surface area contributed by atoms with Crippen LogP contribution in [0.1, 0.15) is 25.0 Å². The number of hydrogen-bond acceptors (Lipinski definition) is 3. The summed E-state index contributed by atoms with van der Waals surface area (Å²) in [6, 6.07) is 17.6. The number of amides is 1. The number of para-hydroxylation sites is 1. The first-order valence-corrected chi connectivity index (χ1v) is 9.32. The summed E-state index contributed by atoms with van der Waals surface area (Å²) in [5, 5.41) is 1.27. The molecule has 6 heteroatoms. The van der Waals surface area contributed by atoms with Gasteiger partial charge in [-0.2, -0.15) is 0 Å². The number of rotatable bonds is 6. The zero-order valence-electron chi connectivity index (χ0n) is 15.7. The van der Waals surface area contributed by atoms with Gasteiger partial charge in [-0.25, -0.2) is 4.79 Å². The summed E-state index contributed by atoms with van der Waals surface area (Å²) in [6.07, 6.45) is 0. The fourth-order valence-electron chi connectivity index (χ4n) is 3.32. The van der Waals surface area contributed by atoms with Gasteiger partial charge >= 0.3 is 5.97 Å². The molecule has 28 heavy (non-hydrogen) atoms. The van der Waals surface area contributed by atoms with Crippen LogP contribution in [0, 0.1) is 0 Å². The van der Waals surface area contributed by atoms with Gasteiger partial charge in [-0.05, 0) is 31.1 Å². The molecule has 0 aliphatic carbocycles. The van der Waals surface area contributed by atoms with E-state index in [1.165, 1.54) is 0 Å². The number of allylic oxidation sites excluding steroid dienone is 1. The molecule has 5 nitrogen and oxygen atoms in total. The van der Waals surface area contributed by atoms with Crippen LogP contribution in [0.15, 0.2) is 60.2 Å². The van der Waals surface area contributed by atoms with Gasteiger partial charge in [0.25, 0.3) is 5.91 Å². The van der Waals surface area contributed by atoms with Gasteiger partial charge in [0.05, 0.1) is 12.1 Å². The fraction of sp³-hybridized carbons (Fsp3) is 0.182. The van der Waals surface area contributed by atoms with Gasteiger partial charge in [-0.3, -0.25) is 4.79 Å². The highest BCUT2D eigenvalue weighted by atomic mass is 35.5. The number of benzene rings is 2. The van der Waals surface area contributed by atoms with Gasteiger partial charge in [-0.1, -0.05) is 60.1 Å². The van der Waals surface area contributed by atoms with Crippen LogP contribution in [-0.4, -0.2) is 23.1 Å². The molecule has 0 aliphatic rings. The van der Waals surface area contributed by atoms with Gasteiger partial charge in [0.1, 0.15) is 10.7 Å². The van der Waals surface area contributed by atoms with Crippen LogP contribution in [0.3, 0.4) is 0 Å². The summed E-state index contributed by atoms with van der Waals surface area (Å²) in [5.74, 6) is -1.59. The van der Waals surface area contributed by atoms with Gasteiger partial charge in [0, 0.05) is 17.5 Å². The van der Waals surface area contributed by atoms with Gasteiger partial charge in [0.15, 0.2) is 0 Å². The van der Waals surface area contributed by atoms with Crippen LogP contribution < -0.4 is 5.73 Å². The minimum atomic E-state index is -0.841. The van der Waals surface area contributed by atoms with E-state index in [1.807, 2.05) is 59.2 Å². The highest BCUT2D eigenvalue weighted by molar-refractivity contribution is 6.34. The Kier molecular flexibility index (Phi) is 5.85. The second-order valence-electron chi connectivity index (χ2n) is 6.34. The van der Waals surface area contributed by atoms with E-state index in [-0.39, 0.29) is 12.2 Å². The zero-order chi connectivity index (χ0) is 20.3. The molecular formula is C22H21ClN2O3. The van der Waals surface area contributed by atoms with E-state index in [9.17, 15) is 9.59 Å². The Hall–Kier alpha value is -3.05. The zero-order valence-corrected chi connectivity index (χ0v) is 16.5. The van der Waals surface area contributed by atoms with Gasteiger partial charge < -0.3 is 15.0 Å².